The highest BCUT2D eigenvalue weighted by Gasteiger charge is 2.28. The van der Waals surface area contributed by atoms with Crippen LogP contribution in [0.4, 0.5) is 0 Å². The van der Waals surface area contributed by atoms with Crippen LogP contribution in [0.15, 0.2) is 79.0 Å². The number of fused-ring (bicyclic) bond motifs is 2. The van der Waals surface area contributed by atoms with Gasteiger partial charge in [0.2, 0.25) is 5.91 Å². The van der Waals surface area contributed by atoms with Crippen LogP contribution in [0.2, 0.25) is 0 Å². The maximum atomic E-state index is 11.5. The van der Waals surface area contributed by atoms with Gasteiger partial charge in [0.05, 0.1) is 7.11 Å². The molecule has 4 aromatic rings. The minimum absolute atomic E-state index is 0.287. The largest absolute Gasteiger partial charge is 0.466 e. The maximum absolute atomic E-state index is 11.5. The molecule has 37 heavy (non-hydrogen) atoms. The van der Waals surface area contributed by atoms with E-state index in [4.69, 9.17) is 10.5 Å². The lowest BCUT2D eigenvalue weighted by molar-refractivity contribution is -0.134. The van der Waals surface area contributed by atoms with E-state index in [9.17, 15) is 9.59 Å². The minimum Gasteiger partial charge on any atom is -0.466 e. The van der Waals surface area contributed by atoms with Crippen LogP contribution >= 0.6 is 0 Å². The van der Waals surface area contributed by atoms with Crippen LogP contribution in [0.25, 0.3) is 17.0 Å². The molecule has 1 heterocycles. The zero-order valence-electron chi connectivity index (χ0n) is 20.9. The van der Waals surface area contributed by atoms with Crippen molar-refractivity contribution in [2.75, 3.05) is 13.7 Å². The molecule has 1 unspecified atom stereocenters. The first-order valence-corrected chi connectivity index (χ1v) is 12.6. The van der Waals surface area contributed by atoms with Crippen LogP contribution in [-0.2, 0) is 28.9 Å². The van der Waals surface area contributed by atoms with E-state index in [1.807, 2.05) is 12.1 Å². The average Bonchev–Trinajstić information content (AvgIpc) is 3.54. The number of carbonyl (C=O) groups is 2. The lowest BCUT2D eigenvalue weighted by Gasteiger charge is -2.30. The van der Waals surface area contributed by atoms with Crippen molar-refractivity contribution >= 4 is 28.9 Å². The van der Waals surface area contributed by atoms with Crippen LogP contribution in [0.3, 0.4) is 0 Å². The molecule has 1 atom stereocenters. The van der Waals surface area contributed by atoms with E-state index in [0.29, 0.717) is 5.56 Å². The third kappa shape index (κ3) is 5.49. The van der Waals surface area contributed by atoms with Gasteiger partial charge in [-0.1, -0.05) is 48.5 Å². The number of amides is 1. The Morgan fingerprint density at radius 1 is 1.11 bits per heavy atom. The number of nitrogens with zero attached hydrogens (tertiary/aromatic N) is 1. The fourth-order valence-electron chi connectivity index (χ4n) is 5.29. The quantitative estimate of drug-likeness (QED) is 0.248. The summed E-state index contributed by atoms with van der Waals surface area (Å²) in [5, 5.41) is 1.27. The molecule has 3 N–H and O–H groups in total. The summed E-state index contributed by atoms with van der Waals surface area (Å²) in [6.45, 7) is 1.67. The van der Waals surface area contributed by atoms with Gasteiger partial charge in [0.25, 0.3) is 0 Å². The lowest BCUT2D eigenvalue weighted by atomic mass is 10.0. The van der Waals surface area contributed by atoms with Crippen LogP contribution in [-0.4, -0.2) is 35.4 Å². The number of rotatable bonds is 9. The zero-order chi connectivity index (χ0) is 25.8. The predicted molar refractivity (Wildman–Crippen MR) is 146 cm³/mol. The monoisotopic (exact) mass is 493 g/mol. The molecule has 1 aliphatic rings. The number of aromatic nitrogens is 1. The van der Waals surface area contributed by atoms with Crippen LogP contribution in [0.5, 0.6) is 0 Å². The molecule has 5 rings (SSSR count). The molecule has 0 saturated carbocycles. The van der Waals surface area contributed by atoms with Crippen molar-refractivity contribution < 1.29 is 14.3 Å². The Labute approximate surface area is 216 Å². The number of esters is 1. The molecule has 1 aromatic heterocycles. The van der Waals surface area contributed by atoms with E-state index >= 15 is 0 Å². The van der Waals surface area contributed by atoms with Gasteiger partial charge in [-0.3, -0.25) is 9.69 Å². The summed E-state index contributed by atoms with van der Waals surface area (Å²) < 4.78 is 4.71. The van der Waals surface area contributed by atoms with Crippen molar-refractivity contribution in [3.8, 4) is 0 Å². The average molecular weight is 494 g/mol. The van der Waals surface area contributed by atoms with Gasteiger partial charge in [-0.15, -0.1) is 0 Å². The van der Waals surface area contributed by atoms with Crippen molar-refractivity contribution in [1.82, 2.24) is 9.88 Å². The standard InChI is InChI=1S/C31H31N3O3/c1-37-30(35)15-9-21-8-13-27-24(18-21)12-14-29(27)34(20-22-6-10-23(11-7-22)31(32)36)17-16-25-19-33-28-5-3-2-4-26(25)28/h2-11,13,15,18-19,29,33H,12,14,16-17,20H2,1H3,(H2,32,36). The smallest absolute Gasteiger partial charge is 0.330 e. The topological polar surface area (TPSA) is 88.4 Å². The summed E-state index contributed by atoms with van der Waals surface area (Å²) in [5.74, 6) is -0.770. The van der Waals surface area contributed by atoms with Crippen molar-refractivity contribution in [2.24, 2.45) is 5.73 Å². The summed E-state index contributed by atoms with van der Waals surface area (Å²) in [4.78, 5) is 29.0. The molecule has 0 saturated heterocycles. The first-order valence-electron chi connectivity index (χ1n) is 12.6. The molecule has 0 fully saturated rings. The number of methoxy groups -OCH3 is 1. The van der Waals surface area contributed by atoms with E-state index in [1.165, 1.54) is 35.3 Å². The van der Waals surface area contributed by atoms with E-state index in [0.717, 1.165) is 49.0 Å². The lowest BCUT2D eigenvalue weighted by Crippen LogP contribution is -2.29. The predicted octanol–water partition coefficient (Wildman–Crippen LogP) is 5.19. The van der Waals surface area contributed by atoms with E-state index in [2.05, 4.69) is 58.5 Å². The highest BCUT2D eigenvalue weighted by Crippen LogP contribution is 2.37. The van der Waals surface area contributed by atoms with Gasteiger partial charge in [-0.2, -0.15) is 0 Å². The Bertz CT molecular complexity index is 1450. The second-order valence-corrected chi connectivity index (χ2v) is 9.51. The molecule has 6 nitrogen and oxygen atoms in total. The van der Waals surface area contributed by atoms with Crippen LogP contribution < -0.4 is 5.73 Å². The number of benzene rings is 3. The second-order valence-electron chi connectivity index (χ2n) is 9.51. The molecule has 1 amide bonds. The summed E-state index contributed by atoms with van der Waals surface area (Å²) in [6, 6.07) is 22.7. The van der Waals surface area contributed by atoms with Gasteiger partial charge in [-0.05, 0) is 71.4 Å². The van der Waals surface area contributed by atoms with Gasteiger partial charge < -0.3 is 15.5 Å². The van der Waals surface area contributed by atoms with Crippen molar-refractivity contribution in [3.05, 3.63) is 112 Å². The third-order valence-electron chi connectivity index (χ3n) is 7.23. The Hall–Kier alpha value is -4.16. The number of ether oxygens (including phenoxy) is 1. The summed E-state index contributed by atoms with van der Waals surface area (Å²) in [6.07, 6.45) is 8.32. The van der Waals surface area contributed by atoms with E-state index < -0.39 is 5.91 Å². The number of aryl methyl sites for hydroxylation is 1. The molecule has 1 aliphatic carbocycles. The van der Waals surface area contributed by atoms with Gasteiger partial charge in [0, 0.05) is 47.9 Å². The van der Waals surface area contributed by atoms with Crippen molar-refractivity contribution in [1.29, 1.82) is 0 Å². The van der Waals surface area contributed by atoms with Gasteiger partial charge >= 0.3 is 5.97 Å². The minimum atomic E-state index is -0.412. The highest BCUT2D eigenvalue weighted by molar-refractivity contribution is 5.92. The SMILES string of the molecule is COC(=O)C=Cc1ccc2c(c1)CCC2N(CCc1c[nH]c2ccccc12)Cc1ccc(C(N)=O)cc1. The molecule has 0 aliphatic heterocycles. The number of nitrogens with two attached hydrogens (primary N) is 1. The normalized spacial score (nSPS) is 14.9. The first-order chi connectivity index (χ1) is 18.0. The number of nitrogens with one attached hydrogen (secondary N) is 1. The molecule has 0 bridgehead atoms. The zero-order valence-corrected chi connectivity index (χ0v) is 20.9. The molecular weight excluding hydrogens is 462 g/mol. The Morgan fingerprint density at radius 3 is 2.70 bits per heavy atom. The van der Waals surface area contributed by atoms with Crippen LogP contribution in [0.1, 0.15) is 50.6 Å². The Morgan fingerprint density at radius 2 is 1.92 bits per heavy atom. The van der Waals surface area contributed by atoms with Crippen molar-refractivity contribution in [2.45, 2.75) is 31.8 Å². The molecular formula is C31H31N3O3. The third-order valence-corrected chi connectivity index (χ3v) is 7.23. The molecule has 3 aromatic carbocycles. The van der Waals surface area contributed by atoms with E-state index in [1.54, 1.807) is 18.2 Å². The van der Waals surface area contributed by atoms with Crippen LogP contribution in [0, 0.1) is 0 Å². The van der Waals surface area contributed by atoms with Gasteiger partial charge in [-0.25, -0.2) is 4.79 Å². The Balaban J connectivity index is 1.40. The van der Waals surface area contributed by atoms with Crippen molar-refractivity contribution in [3.63, 3.8) is 0 Å². The number of carbonyl (C=O) groups excluding carboxylic acids is 2. The van der Waals surface area contributed by atoms with Gasteiger partial charge in [0.1, 0.15) is 0 Å². The Kier molecular flexibility index (Phi) is 7.19. The number of primary amides is 1. The summed E-state index contributed by atoms with van der Waals surface area (Å²) in [5.41, 5.74) is 13.2. The fraction of sp³-hybridized carbons (Fsp3) is 0.226. The fourth-order valence-corrected chi connectivity index (χ4v) is 5.29. The number of H-pyrrole nitrogens is 1. The van der Waals surface area contributed by atoms with E-state index in [-0.39, 0.29) is 12.0 Å². The molecule has 0 spiro atoms. The number of hydrogen-bond donors (Lipinski definition) is 2. The highest BCUT2D eigenvalue weighted by atomic mass is 16.5. The number of aromatic amines is 1. The van der Waals surface area contributed by atoms with Gasteiger partial charge in [0.15, 0.2) is 0 Å². The molecule has 188 valence electrons. The molecule has 0 radical (unpaired) electrons. The summed E-state index contributed by atoms with van der Waals surface area (Å²) >= 11 is 0. The number of para-hydroxylation sites is 1. The first kappa shape index (κ1) is 24.5. The summed E-state index contributed by atoms with van der Waals surface area (Å²) in [7, 11) is 1.38. The second kappa shape index (κ2) is 10.8. The number of hydrogen-bond acceptors (Lipinski definition) is 4. The molecule has 6 heteroatoms. The maximum Gasteiger partial charge on any atom is 0.330 e.